The molecular formula is C11H19BrN2S. The maximum atomic E-state index is 5.67. The quantitative estimate of drug-likeness (QED) is 0.901. The summed E-state index contributed by atoms with van der Waals surface area (Å²) in [6, 6.07) is 2.69. The van der Waals surface area contributed by atoms with Crippen LogP contribution in [0.25, 0.3) is 0 Å². The van der Waals surface area contributed by atoms with Gasteiger partial charge in [0.1, 0.15) is 0 Å². The fourth-order valence-electron chi connectivity index (χ4n) is 1.72. The SMILES string of the molecule is CCN(CC)C(C)c1cc(Br)c(CN)s1. The highest BCUT2D eigenvalue weighted by molar-refractivity contribution is 9.10. The van der Waals surface area contributed by atoms with Crippen LogP contribution in [-0.2, 0) is 6.54 Å². The Labute approximate surface area is 105 Å². The van der Waals surface area contributed by atoms with E-state index < -0.39 is 0 Å². The summed E-state index contributed by atoms with van der Waals surface area (Å²) in [6.07, 6.45) is 0. The Morgan fingerprint density at radius 3 is 2.47 bits per heavy atom. The van der Waals surface area contributed by atoms with E-state index in [0.29, 0.717) is 12.6 Å². The van der Waals surface area contributed by atoms with E-state index in [2.05, 4.69) is 47.7 Å². The number of nitrogens with two attached hydrogens (primary N) is 1. The lowest BCUT2D eigenvalue weighted by atomic mass is 10.2. The molecule has 0 amide bonds. The highest BCUT2D eigenvalue weighted by Crippen LogP contribution is 2.33. The minimum atomic E-state index is 0.488. The van der Waals surface area contributed by atoms with Crippen molar-refractivity contribution in [3.05, 3.63) is 20.3 Å². The number of thiophene rings is 1. The van der Waals surface area contributed by atoms with E-state index in [1.165, 1.54) is 9.75 Å². The van der Waals surface area contributed by atoms with Gasteiger partial charge in [-0.3, -0.25) is 4.90 Å². The Bertz CT molecular complexity index is 308. The van der Waals surface area contributed by atoms with Crippen molar-refractivity contribution < 1.29 is 0 Å². The summed E-state index contributed by atoms with van der Waals surface area (Å²) < 4.78 is 1.16. The molecule has 1 rings (SSSR count). The van der Waals surface area contributed by atoms with Crippen molar-refractivity contribution in [1.82, 2.24) is 4.90 Å². The summed E-state index contributed by atoms with van der Waals surface area (Å²) >= 11 is 5.36. The van der Waals surface area contributed by atoms with Gasteiger partial charge in [-0.1, -0.05) is 13.8 Å². The molecule has 0 saturated carbocycles. The molecule has 86 valence electrons. The van der Waals surface area contributed by atoms with Gasteiger partial charge in [-0.2, -0.15) is 0 Å². The lowest BCUT2D eigenvalue weighted by Gasteiger charge is -2.25. The topological polar surface area (TPSA) is 29.3 Å². The normalized spacial score (nSPS) is 13.5. The van der Waals surface area contributed by atoms with Crippen molar-refractivity contribution >= 4 is 27.3 Å². The molecule has 0 aliphatic heterocycles. The van der Waals surface area contributed by atoms with E-state index in [1.807, 2.05) is 11.3 Å². The minimum absolute atomic E-state index is 0.488. The predicted molar refractivity (Wildman–Crippen MR) is 71.2 cm³/mol. The number of hydrogen-bond donors (Lipinski definition) is 1. The second-order valence-electron chi connectivity index (χ2n) is 3.52. The van der Waals surface area contributed by atoms with Gasteiger partial charge in [-0.15, -0.1) is 11.3 Å². The molecule has 0 aliphatic carbocycles. The lowest BCUT2D eigenvalue weighted by molar-refractivity contribution is 0.237. The van der Waals surface area contributed by atoms with Gasteiger partial charge >= 0.3 is 0 Å². The largest absolute Gasteiger partial charge is 0.326 e. The fourth-order valence-corrected chi connectivity index (χ4v) is 3.55. The molecule has 2 N–H and O–H groups in total. The third-order valence-electron chi connectivity index (χ3n) is 2.73. The van der Waals surface area contributed by atoms with E-state index in [0.717, 1.165) is 17.6 Å². The smallest absolute Gasteiger partial charge is 0.0413 e. The second-order valence-corrected chi connectivity index (χ2v) is 5.54. The molecule has 1 heterocycles. The average molecular weight is 291 g/mol. The number of halogens is 1. The molecule has 1 aromatic heterocycles. The van der Waals surface area contributed by atoms with Crippen LogP contribution in [-0.4, -0.2) is 18.0 Å². The van der Waals surface area contributed by atoms with Gasteiger partial charge in [0.05, 0.1) is 0 Å². The molecule has 0 fully saturated rings. The van der Waals surface area contributed by atoms with Crippen molar-refractivity contribution in [3.63, 3.8) is 0 Å². The van der Waals surface area contributed by atoms with Crippen LogP contribution in [0.15, 0.2) is 10.5 Å². The molecule has 4 heteroatoms. The minimum Gasteiger partial charge on any atom is -0.326 e. The second kappa shape index (κ2) is 5.99. The van der Waals surface area contributed by atoms with Gasteiger partial charge in [0.25, 0.3) is 0 Å². The van der Waals surface area contributed by atoms with Crippen LogP contribution in [0.3, 0.4) is 0 Å². The number of hydrogen-bond acceptors (Lipinski definition) is 3. The summed E-state index contributed by atoms with van der Waals surface area (Å²) in [5.74, 6) is 0. The van der Waals surface area contributed by atoms with Gasteiger partial charge in [0.15, 0.2) is 0 Å². The standard InChI is InChI=1S/C11H19BrN2S/c1-4-14(5-2)8(3)10-6-9(12)11(7-13)15-10/h6,8H,4-5,7,13H2,1-3H3. The zero-order chi connectivity index (χ0) is 11.4. The molecule has 15 heavy (non-hydrogen) atoms. The molecule has 1 aromatic rings. The molecule has 0 aliphatic rings. The molecular weight excluding hydrogens is 272 g/mol. The zero-order valence-electron chi connectivity index (χ0n) is 9.59. The Morgan fingerprint density at radius 2 is 2.07 bits per heavy atom. The maximum absolute atomic E-state index is 5.67. The first kappa shape index (κ1) is 13.2. The molecule has 1 unspecified atom stereocenters. The molecule has 0 bridgehead atoms. The van der Waals surface area contributed by atoms with Gasteiger partial charge in [-0.05, 0) is 42.0 Å². The number of rotatable bonds is 5. The summed E-state index contributed by atoms with van der Waals surface area (Å²) in [5, 5.41) is 0. The van der Waals surface area contributed by atoms with Crippen LogP contribution in [0.5, 0.6) is 0 Å². The van der Waals surface area contributed by atoms with Crippen LogP contribution in [0.1, 0.15) is 36.6 Å². The molecule has 0 aromatic carbocycles. The number of nitrogens with zero attached hydrogens (tertiary/aromatic N) is 1. The van der Waals surface area contributed by atoms with Crippen molar-refractivity contribution in [3.8, 4) is 0 Å². The average Bonchev–Trinajstić information content (AvgIpc) is 2.61. The van der Waals surface area contributed by atoms with Gasteiger partial charge < -0.3 is 5.73 Å². The van der Waals surface area contributed by atoms with Crippen molar-refractivity contribution in [1.29, 1.82) is 0 Å². The Morgan fingerprint density at radius 1 is 1.47 bits per heavy atom. The third-order valence-corrected chi connectivity index (χ3v) is 5.03. The van der Waals surface area contributed by atoms with E-state index in [-0.39, 0.29) is 0 Å². The van der Waals surface area contributed by atoms with Crippen LogP contribution in [0, 0.1) is 0 Å². The van der Waals surface area contributed by atoms with Crippen LogP contribution >= 0.6 is 27.3 Å². The summed E-state index contributed by atoms with van der Waals surface area (Å²) in [4.78, 5) is 5.08. The lowest BCUT2D eigenvalue weighted by Crippen LogP contribution is -2.25. The molecule has 2 nitrogen and oxygen atoms in total. The first-order valence-corrected chi connectivity index (χ1v) is 6.97. The van der Waals surface area contributed by atoms with Gasteiger partial charge in [0.2, 0.25) is 0 Å². The van der Waals surface area contributed by atoms with Crippen molar-refractivity contribution in [2.45, 2.75) is 33.4 Å². The molecule has 1 atom stereocenters. The zero-order valence-corrected chi connectivity index (χ0v) is 12.0. The van der Waals surface area contributed by atoms with Crippen LogP contribution in [0.2, 0.25) is 0 Å². The Kier molecular flexibility index (Phi) is 5.26. The summed E-state index contributed by atoms with van der Waals surface area (Å²) in [6.45, 7) is 9.46. The van der Waals surface area contributed by atoms with Gasteiger partial charge in [0, 0.05) is 26.8 Å². The maximum Gasteiger partial charge on any atom is 0.0413 e. The van der Waals surface area contributed by atoms with E-state index in [4.69, 9.17) is 5.73 Å². The van der Waals surface area contributed by atoms with Crippen molar-refractivity contribution in [2.24, 2.45) is 5.73 Å². The first-order chi connectivity index (χ1) is 7.13. The highest BCUT2D eigenvalue weighted by atomic mass is 79.9. The van der Waals surface area contributed by atoms with Crippen LogP contribution < -0.4 is 5.73 Å². The molecule has 0 saturated heterocycles. The third kappa shape index (κ3) is 3.03. The fraction of sp³-hybridized carbons (Fsp3) is 0.636. The Hall–Kier alpha value is 0.1000. The first-order valence-electron chi connectivity index (χ1n) is 5.36. The Balaban J connectivity index is 2.85. The van der Waals surface area contributed by atoms with E-state index in [1.54, 1.807) is 0 Å². The van der Waals surface area contributed by atoms with Crippen LogP contribution in [0.4, 0.5) is 0 Å². The van der Waals surface area contributed by atoms with E-state index in [9.17, 15) is 0 Å². The monoisotopic (exact) mass is 290 g/mol. The van der Waals surface area contributed by atoms with Crippen molar-refractivity contribution in [2.75, 3.05) is 13.1 Å². The van der Waals surface area contributed by atoms with Gasteiger partial charge in [-0.25, -0.2) is 0 Å². The molecule has 0 radical (unpaired) electrons. The summed E-state index contributed by atoms with van der Waals surface area (Å²) in [5.41, 5.74) is 5.67. The summed E-state index contributed by atoms with van der Waals surface area (Å²) in [7, 11) is 0. The molecule has 0 spiro atoms. The predicted octanol–water partition coefficient (Wildman–Crippen LogP) is 3.37. The highest BCUT2D eigenvalue weighted by Gasteiger charge is 2.16. The van der Waals surface area contributed by atoms with E-state index >= 15 is 0 Å².